The predicted octanol–water partition coefficient (Wildman–Crippen LogP) is 2.00. The molecule has 1 aliphatic heterocycles. The molecule has 18 heavy (non-hydrogen) atoms. The van der Waals surface area contributed by atoms with E-state index in [2.05, 4.69) is 52.7 Å². The number of hydrogen-bond donors (Lipinski definition) is 2. The lowest BCUT2D eigenvalue weighted by Crippen LogP contribution is -2.49. The predicted molar refractivity (Wildman–Crippen MR) is 75.9 cm³/mol. The zero-order valence-electron chi connectivity index (χ0n) is 10.9. The second-order valence-electron chi connectivity index (χ2n) is 5.24. The molecule has 3 nitrogen and oxygen atoms in total. The molecule has 96 valence electrons. The molecule has 0 aliphatic carbocycles. The maximum absolute atomic E-state index is 3.48. The highest BCUT2D eigenvalue weighted by Gasteiger charge is 2.18. The molecule has 1 fully saturated rings. The zero-order chi connectivity index (χ0) is 12.4. The van der Waals surface area contributed by atoms with E-state index in [9.17, 15) is 0 Å². The van der Waals surface area contributed by atoms with Crippen LogP contribution in [0.3, 0.4) is 0 Å². The Hall–Kier alpha value is -1.32. The SMILES string of the molecule is CN1CCNCC1CCc1c[nH]c2ccccc12. The highest BCUT2D eigenvalue weighted by atomic mass is 15.2. The Kier molecular flexibility index (Phi) is 3.35. The third kappa shape index (κ3) is 2.28. The van der Waals surface area contributed by atoms with Crippen molar-refractivity contribution in [2.75, 3.05) is 26.7 Å². The van der Waals surface area contributed by atoms with Gasteiger partial charge in [0, 0.05) is 42.8 Å². The third-order valence-electron chi connectivity index (χ3n) is 4.07. The van der Waals surface area contributed by atoms with Crippen molar-refractivity contribution in [3.05, 3.63) is 36.0 Å². The minimum Gasteiger partial charge on any atom is -0.361 e. The lowest BCUT2D eigenvalue weighted by atomic mass is 10.0. The Balaban J connectivity index is 1.69. The summed E-state index contributed by atoms with van der Waals surface area (Å²) in [6.45, 7) is 3.41. The van der Waals surface area contributed by atoms with Crippen molar-refractivity contribution < 1.29 is 0 Å². The van der Waals surface area contributed by atoms with E-state index in [-0.39, 0.29) is 0 Å². The fraction of sp³-hybridized carbons (Fsp3) is 0.467. The average molecular weight is 243 g/mol. The van der Waals surface area contributed by atoms with Crippen LogP contribution >= 0.6 is 0 Å². The van der Waals surface area contributed by atoms with E-state index in [0.717, 1.165) is 19.5 Å². The molecule has 0 radical (unpaired) electrons. The van der Waals surface area contributed by atoms with Crippen LogP contribution in [-0.2, 0) is 6.42 Å². The van der Waals surface area contributed by atoms with Gasteiger partial charge in [0.1, 0.15) is 0 Å². The molecule has 1 aromatic heterocycles. The number of aromatic amines is 1. The number of nitrogens with zero attached hydrogens (tertiary/aromatic N) is 1. The van der Waals surface area contributed by atoms with Gasteiger partial charge < -0.3 is 15.2 Å². The highest BCUT2D eigenvalue weighted by molar-refractivity contribution is 5.82. The lowest BCUT2D eigenvalue weighted by molar-refractivity contribution is 0.191. The van der Waals surface area contributed by atoms with E-state index >= 15 is 0 Å². The van der Waals surface area contributed by atoms with Gasteiger partial charge in [-0.25, -0.2) is 0 Å². The van der Waals surface area contributed by atoms with Gasteiger partial charge in [0.05, 0.1) is 0 Å². The second kappa shape index (κ2) is 5.12. The summed E-state index contributed by atoms with van der Waals surface area (Å²) in [5, 5.41) is 4.86. The van der Waals surface area contributed by atoms with E-state index in [4.69, 9.17) is 0 Å². The van der Waals surface area contributed by atoms with Crippen LogP contribution in [0.1, 0.15) is 12.0 Å². The highest BCUT2D eigenvalue weighted by Crippen LogP contribution is 2.20. The van der Waals surface area contributed by atoms with Crippen LogP contribution in [-0.4, -0.2) is 42.6 Å². The molecule has 1 aliphatic rings. The number of fused-ring (bicyclic) bond motifs is 1. The molecular formula is C15H21N3. The normalized spacial score (nSPS) is 21.5. The number of likely N-dealkylation sites (N-methyl/N-ethyl adjacent to an activating group) is 1. The fourth-order valence-corrected chi connectivity index (χ4v) is 2.85. The summed E-state index contributed by atoms with van der Waals surface area (Å²) < 4.78 is 0. The van der Waals surface area contributed by atoms with Gasteiger partial charge in [0.2, 0.25) is 0 Å². The Morgan fingerprint density at radius 2 is 2.22 bits per heavy atom. The van der Waals surface area contributed by atoms with E-state index in [1.807, 2.05) is 0 Å². The molecule has 2 heterocycles. The molecule has 2 N–H and O–H groups in total. The summed E-state index contributed by atoms with van der Waals surface area (Å²) >= 11 is 0. The van der Waals surface area contributed by atoms with Crippen molar-refractivity contribution in [3.8, 4) is 0 Å². The number of rotatable bonds is 3. The summed E-state index contributed by atoms with van der Waals surface area (Å²) in [5.74, 6) is 0. The number of nitrogens with one attached hydrogen (secondary N) is 2. The van der Waals surface area contributed by atoms with Gasteiger partial charge in [-0.05, 0) is 31.5 Å². The largest absolute Gasteiger partial charge is 0.361 e. The smallest absolute Gasteiger partial charge is 0.0456 e. The van der Waals surface area contributed by atoms with Gasteiger partial charge in [-0.2, -0.15) is 0 Å². The first-order chi connectivity index (χ1) is 8.84. The maximum atomic E-state index is 3.48. The number of aromatic nitrogens is 1. The van der Waals surface area contributed by atoms with Crippen LogP contribution in [0.5, 0.6) is 0 Å². The van der Waals surface area contributed by atoms with Crippen molar-refractivity contribution in [2.24, 2.45) is 0 Å². The van der Waals surface area contributed by atoms with Crippen LogP contribution in [0, 0.1) is 0 Å². The molecule has 1 atom stereocenters. The van der Waals surface area contributed by atoms with Gasteiger partial charge >= 0.3 is 0 Å². The van der Waals surface area contributed by atoms with Crippen molar-refractivity contribution in [1.82, 2.24) is 15.2 Å². The van der Waals surface area contributed by atoms with Crippen molar-refractivity contribution >= 4 is 10.9 Å². The number of benzene rings is 1. The minimum atomic E-state index is 0.674. The molecule has 3 heteroatoms. The van der Waals surface area contributed by atoms with Gasteiger partial charge in [0.25, 0.3) is 0 Å². The molecular weight excluding hydrogens is 222 g/mol. The quantitative estimate of drug-likeness (QED) is 0.864. The first-order valence-electron chi connectivity index (χ1n) is 6.80. The van der Waals surface area contributed by atoms with E-state index in [0.29, 0.717) is 6.04 Å². The first-order valence-corrected chi connectivity index (χ1v) is 6.80. The second-order valence-corrected chi connectivity index (χ2v) is 5.24. The average Bonchev–Trinajstić information content (AvgIpc) is 2.81. The monoisotopic (exact) mass is 243 g/mol. The molecule has 1 saturated heterocycles. The Labute approximate surface area is 108 Å². The van der Waals surface area contributed by atoms with Gasteiger partial charge in [-0.3, -0.25) is 0 Å². The standard InChI is InChI=1S/C15H21N3/c1-18-9-8-16-11-13(18)7-6-12-10-17-15-5-3-2-4-14(12)15/h2-5,10,13,16-17H,6-9,11H2,1H3. The summed E-state index contributed by atoms with van der Waals surface area (Å²) in [7, 11) is 2.24. The molecule has 0 amide bonds. The summed E-state index contributed by atoms with van der Waals surface area (Å²) in [4.78, 5) is 5.84. The molecule has 0 spiro atoms. The minimum absolute atomic E-state index is 0.674. The summed E-state index contributed by atoms with van der Waals surface area (Å²) in [5.41, 5.74) is 2.70. The number of hydrogen-bond acceptors (Lipinski definition) is 2. The Morgan fingerprint density at radius 1 is 1.33 bits per heavy atom. The molecule has 0 saturated carbocycles. The topological polar surface area (TPSA) is 31.1 Å². The fourth-order valence-electron chi connectivity index (χ4n) is 2.85. The number of para-hydroxylation sites is 1. The molecule has 3 rings (SSSR count). The van der Waals surface area contributed by atoms with Crippen LogP contribution < -0.4 is 5.32 Å². The first kappa shape index (κ1) is 11.8. The van der Waals surface area contributed by atoms with E-state index in [1.165, 1.54) is 29.4 Å². The molecule has 1 unspecified atom stereocenters. The molecule has 0 bridgehead atoms. The van der Waals surface area contributed by atoms with Crippen molar-refractivity contribution in [1.29, 1.82) is 0 Å². The van der Waals surface area contributed by atoms with Crippen LogP contribution in [0.15, 0.2) is 30.5 Å². The van der Waals surface area contributed by atoms with Crippen LogP contribution in [0.25, 0.3) is 10.9 Å². The van der Waals surface area contributed by atoms with E-state index < -0.39 is 0 Å². The van der Waals surface area contributed by atoms with Crippen LogP contribution in [0.2, 0.25) is 0 Å². The summed E-state index contributed by atoms with van der Waals surface area (Å²) in [6.07, 6.45) is 4.55. The molecule has 1 aromatic carbocycles. The Morgan fingerprint density at radius 3 is 3.11 bits per heavy atom. The van der Waals surface area contributed by atoms with Gasteiger partial charge in [-0.15, -0.1) is 0 Å². The number of aryl methyl sites for hydroxylation is 1. The number of piperazine rings is 1. The van der Waals surface area contributed by atoms with E-state index in [1.54, 1.807) is 0 Å². The van der Waals surface area contributed by atoms with Gasteiger partial charge in [-0.1, -0.05) is 18.2 Å². The number of H-pyrrole nitrogens is 1. The van der Waals surface area contributed by atoms with Crippen molar-refractivity contribution in [2.45, 2.75) is 18.9 Å². The third-order valence-corrected chi connectivity index (χ3v) is 4.07. The maximum Gasteiger partial charge on any atom is 0.0456 e. The van der Waals surface area contributed by atoms with Gasteiger partial charge in [0.15, 0.2) is 0 Å². The lowest BCUT2D eigenvalue weighted by Gasteiger charge is -2.33. The van der Waals surface area contributed by atoms with Crippen LogP contribution in [0.4, 0.5) is 0 Å². The summed E-state index contributed by atoms with van der Waals surface area (Å²) in [6, 6.07) is 9.24. The molecule has 2 aromatic rings. The van der Waals surface area contributed by atoms with Crippen molar-refractivity contribution in [3.63, 3.8) is 0 Å². The zero-order valence-corrected chi connectivity index (χ0v) is 10.9. The Bertz CT molecular complexity index is 517.